The Balaban J connectivity index is 1.84. The number of hydrogen-bond donors (Lipinski definition) is 2. The summed E-state index contributed by atoms with van der Waals surface area (Å²) in [6.45, 7) is 3.23. The number of piperidine rings is 1. The molecule has 3 atom stereocenters. The summed E-state index contributed by atoms with van der Waals surface area (Å²) in [7, 11) is -4.01. The van der Waals surface area contributed by atoms with E-state index in [1.807, 2.05) is 4.72 Å². The van der Waals surface area contributed by atoms with Crippen LogP contribution in [0.2, 0.25) is 10.0 Å². The van der Waals surface area contributed by atoms with Crippen molar-refractivity contribution < 1.29 is 45.9 Å². The molecule has 16 heteroatoms. The predicted octanol–water partition coefficient (Wildman–Crippen LogP) is 6.19. The van der Waals surface area contributed by atoms with Gasteiger partial charge in [0.25, 0.3) is 5.91 Å². The molecular formula is C35H35Cl2F2N3O8S. The van der Waals surface area contributed by atoms with E-state index in [-0.39, 0.29) is 51.0 Å². The maximum absolute atomic E-state index is 15.2. The Hall–Kier alpha value is -4.27. The van der Waals surface area contributed by atoms with Crippen LogP contribution in [0.5, 0.6) is 5.75 Å². The number of benzene rings is 3. The fourth-order valence-electron chi connectivity index (χ4n) is 7.04. The van der Waals surface area contributed by atoms with Gasteiger partial charge in [-0.2, -0.15) is 0 Å². The minimum atomic E-state index is -4.01. The van der Waals surface area contributed by atoms with E-state index in [2.05, 4.69) is 5.32 Å². The number of anilines is 1. The Morgan fingerprint density at radius 1 is 1.04 bits per heavy atom. The minimum absolute atomic E-state index is 0.00276. The van der Waals surface area contributed by atoms with Crippen molar-refractivity contribution in [3.05, 3.63) is 92.7 Å². The molecule has 51 heavy (non-hydrogen) atoms. The third-order valence-electron chi connectivity index (χ3n) is 9.43. The number of carbonyl (C=O) groups excluding carboxylic acids is 4. The number of nitrogens with zero attached hydrogens (tertiary/aromatic N) is 1. The van der Waals surface area contributed by atoms with Gasteiger partial charge in [-0.3, -0.25) is 14.4 Å². The van der Waals surface area contributed by atoms with E-state index in [4.69, 9.17) is 32.7 Å². The normalized spacial score (nSPS) is 20.2. The summed E-state index contributed by atoms with van der Waals surface area (Å²) in [5.74, 6) is -4.31. The first kappa shape index (κ1) is 38.0. The molecule has 0 unspecified atom stereocenters. The van der Waals surface area contributed by atoms with Crippen molar-refractivity contribution in [3.63, 3.8) is 0 Å². The predicted molar refractivity (Wildman–Crippen MR) is 186 cm³/mol. The zero-order chi connectivity index (χ0) is 37.5. The first-order valence-corrected chi connectivity index (χ1v) is 18.6. The molecule has 0 bridgehead atoms. The van der Waals surface area contributed by atoms with Gasteiger partial charge in [0.05, 0.1) is 18.0 Å². The van der Waals surface area contributed by atoms with Gasteiger partial charge in [-0.05, 0) is 78.9 Å². The number of sulfonamides is 1. The molecular weight excluding hydrogens is 731 g/mol. The summed E-state index contributed by atoms with van der Waals surface area (Å²) in [6.07, 6.45) is -0.776. The maximum atomic E-state index is 15.2. The summed E-state index contributed by atoms with van der Waals surface area (Å²) in [5.41, 5.74) is -2.64. The molecule has 2 heterocycles. The van der Waals surface area contributed by atoms with Gasteiger partial charge in [0.1, 0.15) is 30.3 Å². The molecule has 0 saturated carbocycles. The number of aryl methyl sites for hydroxylation is 1. The fraction of sp³-hybridized carbons (Fsp3) is 0.371. The Bertz CT molecular complexity index is 2030. The summed E-state index contributed by atoms with van der Waals surface area (Å²) in [5, 5.41) is 3.15. The van der Waals surface area contributed by atoms with E-state index >= 15 is 9.18 Å². The zero-order valence-electron chi connectivity index (χ0n) is 28.0. The van der Waals surface area contributed by atoms with Gasteiger partial charge in [0, 0.05) is 27.9 Å². The number of carbonyl (C=O) groups is 4. The topological polar surface area (TPSA) is 148 Å². The van der Waals surface area contributed by atoms with Gasteiger partial charge in [0.15, 0.2) is 5.60 Å². The zero-order valence-corrected chi connectivity index (χ0v) is 30.3. The Morgan fingerprint density at radius 3 is 2.35 bits per heavy atom. The van der Waals surface area contributed by atoms with Gasteiger partial charge >= 0.3 is 6.09 Å². The molecule has 1 saturated heterocycles. The Kier molecular flexibility index (Phi) is 10.7. The van der Waals surface area contributed by atoms with Crippen LogP contribution in [0, 0.1) is 12.7 Å². The van der Waals surface area contributed by atoms with Crippen LogP contribution in [0.3, 0.4) is 0 Å². The monoisotopic (exact) mass is 765 g/mol. The average Bonchev–Trinajstić information content (AvgIpc) is 3.31. The molecule has 0 radical (unpaired) electrons. The lowest BCUT2D eigenvalue weighted by Gasteiger charge is -2.47. The van der Waals surface area contributed by atoms with Crippen LogP contribution in [0.4, 0.5) is 19.3 Å². The molecule has 3 aromatic carbocycles. The van der Waals surface area contributed by atoms with E-state index in [1.165, 1.54) is 54.6 Å². The standard InChI is InChI=1S/C35H35Cl2F2N3O8S/c1-5-34(6-2,31(44)41-51(4,47)48)50-28-12-9-20(36)15-24(28)26-18-29(43)40-30(23-17-22(39)10-7-19(23)3)35(26)25-11-8-21(37)16-27(25)42(32(35)45)33(46)49-14-13-38/h7-12,15-17,26,30H,5-6,13-14,18H2,1-4H3,(H,40,43)(H,41,44)/t26-,30+,35-/m1/s1. The molecule has 2 aliphatic heterocycles. The number of halogens is 4. The van der Waals surface area contributed by atoms with Crippen LogP contribution in [0.15, 0.2) is 54.6 Å². The van der Waals surface area contributed by atoms with Crippen LogP contribution >= 0.6 is 23.2 Å². The molecule has 5 rings (SSSR count). The van der Waals surface area contributed by atoms with E-state index in [1.54, 1.807) is 20.8 Å². The second-order valence-electron chi connectivity index (χ2n) is 12.4. The molecule has 11 nitrogen and oxygen atoms in total. The maximum Gasteiger partial charge on any atom is 0.421 e. The largest absolute Gasteiger partial charge is 0.477 e. The SMILES string of the molecule is CCC(CC)(Oc1ccc(Cl)cc1[C@H]1CC(=O)N[C@@H](c2cc(F)ccc2C)[C@]12C(=O)N(C(=O)OCCF)c1cc(Cl)ccc12)C(=O)NS(C)(=O)=O. The van der Waals surface area contributed by atoms with Crippen molar-refractivity contribution in [2.45, 2.75) is 63.0 Å². The quantitative estimate of drug-likeness (QED) is 0.248. The van der Waals surface area contributed by atoms with Crippen LogP contribution in [-0.2, 0) is 34.6 Å². The number of nitrogens with one attached hydrogen (secondary N) is 2. The van der Waals surface area contributed by atoms with Crippen LogP contribution in [0.1, 0.15) is 67.3 Å². The molecule has 2 aliphatic rings. The second kappa shape index (κ2) is 14.4. The van der Waals surface area contributed by atoms with Gasteiger partial charge in [0.2, 0.25) is 21.8 Å². The lowest BCUT2D eigenvalue weighted by molar-refractivity contribution is -0.136. The molecule has 0 aliphatic carbocycles. The summed E-state index contributed by atoms with van der Waals surface area (Å²) in [4.78, 5) is 56.7. The molecule has 3 aromatic rings. The average molecular weight is 767 g/mol. The Labute approximate surface area is 303 Å². The highest BCUT2D eigenvalue weighted by Gasteiger charge is 2.65. The lowest BCUT2D eigenvalue weighted by atomic mass is 9.58. The first-order chi connectivity index (χ1) is 24.0. The van der Waals surface area contributed by atoms with Gasteiger partial charge < -0.3 is 14.8 Å². The van der Waals surface area contributed by atoms with Crippen molar-refractivity contribution in [3.8, 4) is 5.75 Å². The summed E-state index contributed by atoms with van der Waals surface area (Å²) in [6, 6.07) is 11.3. The van der Waals surface area contributed by atoms with Gasteiger partial charge in [-0.25, -0.2) is 31.6 Å². The highest BCUT2D eigenvalue weighted by molar-refractivity contribution is 7.89. The van der Waals surface area contributed by atoms with E-state index in [0.29, 0.717) is 5.56 Å². The van der Waals surface area contributed by atoms with Crippen LogP contribution < -0.4 is 19.7 Å². The number of fused-ring (bicyclic) bond motifs is 2. The number of imide groups is 1. The third-order valence-corrected chi connectivity index (χ3v) is 10.5. The number of alkyl halides is 1. The van der Waals surface area contributed by atoms with Crippen molar-refractivity contribution >= 4 is 62.7 Å². The van der Waals surface area contributed by atoms with Gasteiger partial charge in [-0.15, -0.1) is 0 Å². The van der Waals surface area contributed by atoms with Crippen LogP contribution in [-0.4, -0.2) is 57.4 Å². The Morgan fingerprint density at radius 2 is 1.71 bits per heavy atom. The highest BCUT2D eigenvalue weighted by atomic mass is 35.5. The van der Waals surface area contributed by atoms with Crippen molar-refractivity contribution in [2.75, 3.05) is 24.4 Å². The minimum Gasteiger partial charge on any atom is -0.477 e. The fourth-order valence-corrected chi connectivity index (χ4v) is 7.91. The smallest absolute Gasteiger partial charge is 0.421 e. The molecule has 1 spiro atoms. The van der Waals surface area contributed by atoms with E-state index in [9.17, 15) is 27.2 Å². The van der Waals surface area contributed by atoms with Crippen molar-refractivity contribution in [2.24, 2.45) is 0 Å². The van der Waals surface area contributed by atoms with Gasteiger partial charge in [-0.1, -0.05) is 49.2 Å². The molecule has 1 fully saturated rings. The lowest BCUT2D eigenvalue weighted by Crippen LogP contribution is -2.59. The number of amides is 4. The number of hydrogen-bond acceptors (Lipinski definition) is 8. The third kappa shape index (κ3) is 6.88. The van der Waals surface area contributed by atoms with Crippen LogP contribution in [0.25, 0.3) is 0 Å². The van der Waals surface area contributed by atoms with Crippen molar-refractivity contribution in [1.82, 2.24) is 10.0 Å². The highest BCUT2D eigenvalue weighted by Crippen LogP contribution is 2.61. The first-order valence-electron chi connectivity index (χ1n) is 16.0. The molecule has 2 N–H and O–H groups in total. The van der Waals surface area contributed by atoms with E-state index < -0.39 is 82.3 Å². The van der Waals surface area contributed by atoms with Crippen molar-refractivity contribution in [1.29, 1.82) is 0 Å². The second-order valence-corrected chi connectivity index (χ2v) is 15.0. The summed E-state index contributed by atoms with van der Waals surface area (Å²) >= 11 is 12.9. The van der Waals surface area contributed by atoms with E-state index in [0.717, 1.165) is 11.2 Å². The summed E-state index contributed by atoms with van der Waals surface area (Å²) < 4.78 is 65.9. The number of rotatable bonds is 10. The molecule has 272 valence electrons. The molecule has 0 aromatic heterocycles. The number of ether oxygens (including phenoxy) is 2. The molecule has 4 amide bonds.